The summed E-state index contributed by atoms with van der Waals surface area (Å²) in [7, 11) is 1.70. The fourth-order valence-corrected chi connectivity index (χ4v) is 2.96. The number of aromatic nitrogens is 2. The van der Waals surface area contributed by atoms with Crippen molar-refractivity contribution in [3.63, 3.8) is 0 Å². The Bertz CT molecular complexity index is 853. The van der Waals surface area contributed by atoms with Crippen molar-refractivity contribution in [3.05, 3.63) is 72.3 Å². The van der Waals surface area contributed by atoms with Crippen molar-refractivity contribution >= 4 is 11.8 Å². The van der Waals surface area contributed by atoms with Crippen molar-refractivity contribution in [3.8, 4) is 11.3 Å². The van der Waals surface area contributed by atoms with Crippen LogP contribution in [-0.4, -0.2) is 36.3 Å². The van der Waals surface area contributed by atoms with Crippen LogP contribution in [0.3, 0.4) is 0 Å². The standard InChI is InChI=1S/C23H28N4O/c1-18(2)27(17-19-10-6-4-7-11-19)23-25-21(20-12-8-5-9-13-20)16-22(26-23)24-14-15-28-3/h4-13,16,18H,14-15,17H2,1-3H3,(H,24,25,26). The first-order chi connectivity index (χ1) is 13.7. The smallest absolute Gasteiger partial charge is 0.228 e. The van der Waals surface area contributed by atoms with Gasteiger partial charge in [0.25, 0.3) is 0 Å². The first kappa shape index (κ1) is 19.8. The lowest BCUT2D eigenvalue weighted by molar-refractivity contribution is 0.210. The van der Waals surface area contributed by atoms with E-state index in [2.05, 4.69) is 60.5 Å². The zero-order valence-electron chi connectivity index (χ0n) is 16.8. The van der Waals surface area contributed by atoms with Gasteiger partial charge >= 0.3 is 0 Å². The summed E-state index contributed by atoms with van der Waals surface area (Å²) in [6, 6.07) is 22.9. The molecule has 0 saturated heterocycles. The third kappa shape index (κ3) is 5.30. The number of methoxy groups -OCH3 is 1. The Morgan fingerprint density at radius 2 is 1.64 bits per heavy atom. The van der Waals surface area contributed by atoms with Crippen LogP contribution in [0.5, 0.6) is 0 Å². The molecule has 0 aliphatic carbocycles. The maximum atomic E-state index is 5.16. The lowest BCUT2D eigenvalue weighted by atomic mass is 10.1. The van der Waals surface area contributed by atoms with E-state index < -0.39 is 0 Å². The van der Waals surface area contributed by atoms with Crippen LogP contribution in [0.4, 0.5) is 11.8 Å². The highest BCUT2D eigenvalue weighted by atomic mass is 16.5. The van der Waals surface area contributed by atoms with Crippen LogP contribution in [0.1, 0.15) is 19.4 Å². The van der Waals surface area contributed by atoms with E-state index >= 15 is 0 Å². The molecule has 0 amide bonds. The number of hydrogen-bond acceptors (Lipinski definition) is 5. The van der Waals surface area contributed by atoms with Gasteiger partial charge in [-0.3, -0.25) is 0 Å². The van der Waals surface area contributed by atoms with Crippen molar-refractivity contribution in [1.82, 2.24) is 9.97 Å². The molecule has 1 N–H and O–H groups in total. The molecule has 5 nitrogen and oxygen atoms in total. The molecule has 5 heteroatoms. The summed E-state index contributed by atoms with van der Waals surface area (Å²) in [5.41, 5.74) is 3.22. The molecular formula is C23H28N4O. The maximum absolute atomic E-state index is 5.16. The Labute approximate surface area is 167 Å². The third-order valence-electron chi connectivity index (χ3n) is 4.47. The summed E-state index contributed by atoms with van der Waals surface area (Å²) in [5, 5.41) is 3.35. The average molecular weight is 377 g/mol. The van der Waals surface area contributed by atoms with Crippen LogP contribution in [0.2, 0.25) is 0 Å². The van der Waals surface area contributed by atoms with Crippen LogP contribution in [0, 0.1) is 0 Å². The van der Waals surface area contributed by atoms with Gasteiger partial charge in [0.15, 0.2) is 0 Å². The molecule has 1 heterocycles. The minimum absolute atomic E-state index is 0.262. The fraction of sp³-hybridized carbons (Fsp3) is 0.304. The molecular weight excluding hydrogens is 348 g/mol. The zero-order chi connectivity index (χ0) is 19.8. The Morgan fingerprint density at radius 3 is 2.29 bits per heavy atom. The largest absolute Gasteiger partial charge is 0.383 e. The highest BCUT2D eigenvalue weighted by Gasteiger charge is 2.17. The van der Waals surface area contributed by atoms with Crippen LogP contribution < -0.4 is 10.2 Å². The molecule has 0 fully saturated rings. The van der Waals surface area contributed by atoms with Crippen molar-refractivity contribution in [2.45, 2.75) is 26.4 Å². The summed E-state index contributed by atoms with van der Waals surface area (Å²) < 4.78 is 5.16. The Balaban J connectivity index is 1.97. The fourth-order valence-electron chi connectivity index (χ4n) is 2.96. The lowest BCUT2D eigenvalue weighted by Gasteiger charge is -2.27. The Morgan fingerprint density at radius 1 is 0.964 bits per heavy atom. The van der Waals surface area contributed by atoms with Gasteiger partial charge in [-0.1, -0.05) is 60.7 Å². The monoisotopic (exact) mass is 376 g/mol. The molecule has 0 aliphatic rings. The maximum Gasteiger partial charge on any atom is 0.228 e. The molecule has 3 rings (SSSR count). The summed E-state index contributed by atoms with van der Waals surface area (Å²) >= 11 is 0. The summed E-state index contributed by atoms with van der Waals surface area (Å²) in [6.07, 6.45) is 0. The molecule has 0 aliphatic heterocycles. The van der Waals surface area contributed by atoms with E-state index in [1.165, 1.54) is 5.56 Å². The third-order valence-corrected chi connectivity index (χ3v) is 4.47. The van der Waals surface area contributed by atoms with Crippen LogP contribution in [-0.2, 0) is 11.3 Å². The van der Waals surface area contributed by atoms with E-state index in [9.17, 15) is 0 Å². The second-order valence-corrected chi connectivity index (χ2v) is 6.93. The van der Waals surface area contributed by atoms with Crippen LogP contribution in [0.15, 0.2) is 66.7 Å². The molecule has 0 saturated carbocycles. The van der Waals surface area contributed by atoms with E-state index in [4.69, 9.17) is 14.7 Å². The van der Waals surface area contributed by atoms with Crippen molar-refractivity contribution in [2.24, 2.45) is 0 Å². The minimum Gasteiger partial charge on any atom is -0.383 e. The van der Waals surface area contributed by atoms with E-state index in [-0.39, 0.29) is 6.04 Å². The van der Waals surface area contributed by atoms with Crippen LogP contribution >= 0.6 is 0 Å². The van der Waals surface area contributed by atoms with E-state index in [0.29, 0.717) is 13.2 Å². The van der Waals surface area contributed by atoms with Crippen LogP contribution in [0.25, 0.3) is 11.3 Å². The Kier molecular flexibility index (Phi) is 6.98. The molecule has 2 aromatic carbocycles. The van der Waals surface area contributed by atoms with E-state index in [1.807, 2.05) is 30.3 Å². The molecule has 3 aromatic rings. The summed E-state index contributed by atoms with van der Waals surface area (Å²) in [6.45, 7) is 6.41. The molecule has 0 radical (unpaired) electrons. The normalized spacial score (nSPS) is 10.9. The van der Waals surface area contributed by atoms with E-state index in [0.717, 1.165) is 29.6 Å². The van der Waals surface area contributed by atoms with Crippen molar-refractivity contribution < 1.29 is 4.74 Å². The number of rotatable bonds is 9. The molecule has 0 spiro atoms. The van der Waals surface area contributed by atoms with Gasteiger partial charge in [-0.15, -0.1) is 0 Å². The van der Waals surface area contributed by atoms with Gasteiger partial charge in [0.05, 0.1) is 12.3 Å². The van der Waals surface area contributed by atoms with Gasteiger partial charge in [0.1, 0.15) is 5.82 Å². The molecule has 0 bridgehead atoms. The molecule has 0 atom stereocenters. The van der Waals surface area contributed by atoms with Crippen molar-refractivity contribution in [2.75, 3.05) is 30.5 Å². The van der Waals surface area contributed by atoms with Gasteiger partial charge in [-0.2, -0.15) is 4.98 Å². The van der Waals surface area contributed by atoms with Gasteiger partial charge in [-0.05, 0) is 19.4 Å². The number of anilines is 2. The quantitative estimate of drug-likeness (QED) is 0.552. The van der Waals surface area contributed by atoms with Gasteiger partial charge < -0.3 is 15.0 Å². The minimum atomic E-state index is 0.262. The average Bonchev–Trinajstić information content (AvgIpc) is 2.73. The second-order valence-electron chi connectivity index (χ2n) is 6.93. The predicted molar refractivity (Wildman–Crippen MR) is 116 cm³/mol. The van der Waals surface area contributed by atoms with Gasteiger partial charge in [0, 0.05) is 37.9 Å². The van der Waals surface area contributed by atoms with E-state index in [1.54, 1.807) is 7.11 Å². The SMILES string of the molecule is COCCNc1cc(-c2ccccc2)nc(N(Cc2ccccc2)C(C)C)n1. The first-order valence-corrected chi connectivity index (χ1v) is 9.65. The first-order valence-electron chi connectivity index (χ1n) is 9.65. The van der Waals surface area contributed by atoms with Gasteiger partial charge in [-0.25, -0.2) is 4.98 Å². The molecule has 1 aromatic heterocycles. The highest BCUT2D eigenvalue weighted by molar-refractivity contribution is 5.64. The number of benzene rings is 2. The Hall–Kier alpha value is -2.92. The molecule has 0 unspecified atom stereocenters. The highest BCUT2D eigenvalue weighted by Crippen LogP contribution is 2.25. The summed E-state index contributed by atoms with van der Waals surface area (Å²) in [5.74, 6) is 1.53. The molecule has 28 heavy (non-hydrogen) atoms. The van der Waals surface area contributed by atoms with Crippen molar-refractivity contribution in [1.29, 1.82) is 0 Å². The topological polar surface area (TPSA) is 50.3 Å². The number of nitrogens with zero attached hydrogens (tertiary/aromatic N) is 3. The number of nitrogens with one attached hydrogen (secondary N) is 1. The zero-order valence-corrected chi connectivity index (χ0v) is 16.8. The second kappa shape index (κ2) is 9.85. The number of hydrogen-bond donors (Lipinski definition) is 1. The summed E-state index contributed by atoms with van der Waals surface area (Å²) in [4.78, 5) is 11.9. The number of ether oxygens (including phenoxy) is 1. The molecule has 146 valence electrons. The lowest BCUT2D eigenvalue weighted by Crippen LogP contribution is -2.32. The predicted octanol–water partition coefficient (Wildman–Crippen LogP) is 4.62. The van der Waals surface area contributed by atoms with Gasteiger partial charge in [0.2, 0.25) is 5.95 Å².